The van der Waals surface area contributed by atoms with Gasteiger partial charge in [-0.05, 0) is 6.07 Å². The van der Waals surface area contributed by atoms with Crippen molar-refractivity contribution in [3.63, 3.8) is 0 Å². The van der Waals surface area contributed by atoms with Crippen LogP contribution in [0, 0.1) is 0 Å². The molecule has 1 heterocycles. The van der Waals surface area contributed by atoms with Crippen LogP contribution in [0.5, 0.6) is 0 Å². The minimum absolute atomic E-state index is 0.0533. The lowest BCUT2D eigenvalue weighted by molar-refractivity contribution is -0.129. The van der Waals surface area contributed by atoms with Gasteiger partial charge in [0.05, 0.1) is 0 Å². The van der Waals surface area contributed by atoms with Gasteiger partial charge in [-0.1, -0.05) is 30.4 Å². The Morgan fingerprint density at radius 3 is 2.79 bits per heavy atom. The van der Waals surface area contributed by atoms with Crippen LogP contribution in [0.25, 0.3) is 10.9 Å². The molecule has 0 aliphatic carbocycles. The normalized spacial score (nSPS) is 10.3. The summed E-state index contributed by atoms with van der Waals surface area (Å²) in [6, 6.07) is 7.45. The first-order valence-electron chi connectivity index (χ1n) is 4.04. The van der Waals surface area contributed by atoms with E-state index in [1.807, 2.05) is 24.3 Å². The number of para-hydroxylation sites is 1. The molecule has 2 rings (SSSR count). The molecule has 0 aliphatic heterocycles. The third-order valence-corrected chi connectivity index (χ3v) is 2.42. The zero-order valence-electron chi connectivity index (χ0n) is 7.15. The van der Waals surface area contributed by atoms with Crippen molar-refractivity contribution in [2.24, 2.45) is 0 Å². The molecule has 0 amide bonds. The Hall–Kier alpha value is -1.68. The molecule has 0 radical (unpaired) electrons. The fraction of sp³-hybridized carbons (Fsp3) is 0. The quantitative estimate of drug-likeness (QED) is 0.582. The average molecular weight is 205 g/mol. The van der Waals surface area contributed by atoms with Gasteiger partial charge in [-0.3, -0.25) is 0 Å². The number of fused-ring (bicyclic) bond motifs is 1. The molecule has 1 aromatic heterocycles. The van der Waals surface area contributed by atoms with Gasteiger partial charge in [0.1, 0.15) is 4.86 Å². The summed E-state index contributed by atoms with van der Waals surface area (Å²) >= 11 is 4.81. The fourth-order valence-electron chi connectivity index (χ4n) is 1.37. The molecule has 0 saturated heterocycles. The Bertz CT molecular complexity index is 516. The lowest BCUT2D eigenvalue weighted by Gasteiger charge is -1.94. The highest BCUT2D eigenvalue weighted by Crippen LogP contribution is 2.18. The second-order valence-corrected chi connectivity index (χ2v) is 3.29. The number of hydrogen-bond acceptors (Lipinski definition) is 2. The van der Waals surface area contributed by atoms with Crippen LogP contribution in [0.3, 0.4) is 0 Å². The summed E-state index contributed by atoms with van der Waals surface area (Å²) in [5.41, 5.74) is 1.47. The molecule has 0 atom stereocenters. The van der Waals surface area contributed by atoms with Crippen LogP contribution >= 0.6 is 12.2 Å². The molecular weight excluding hydrogens is 198 g/mol. The van der Waals surface area contributed by atoms with Gasteiger partial charge in [-0.25, -0.2) is 4.79 Å². The summed E-state index contributed by atoms with van der Waals surface area (Å²) in [6.07, 6.45) is 1.63. The summed E-state index contributed by atoms with van der Waals surface area (Å²) < 4.78 is 0. The molecule has 0 unspecified atom stereocenters. The molecule has 0 aliphatic rings. The van der Waals surface area contributed by atoms with E-state index in [1.54, 1.807) is 6.20 Å². The van der Waals surface area contributed by atoms with Gasteiger partial charge in [0.2, 0.25) is 0 Å². The van der Waals surface area contributed by atoms with Crippen LogP contribution in [0.1, 0.15) is 5.56 Å². The predicted molar refractivity (Wildman–Crippen MR) is 57.6 cm³/mol. The van der Waals surface area contributed by atoms with Crippen LogP contribution in [-0.2, 0) is 4.79 Å². The zero-order chi connectivity index (χ0) is 10.1. The molecule has 3 nitrogen and oxygen atoms in total. The standard InChI is InChI=1S/C10H7NO2S/c12-10(13)9(14)7-5-11-8-4-2-1-3-6(7)8/h1-5,11H,(H,12,13). The second kappa shape index (κ2) is 3.23. The monoisotopic (exact) mass is 205 g/mol. The van der Waals surface area contributed by atoms with E-state index >= 15 is 0 Å². The highest BCUT2D eigenvalue weighted by molar-refractivity contribution is 7.82. The highest BCUT2D eigenvalue weighted by atomic mass is 32.1. The maximum atomic E-state index is 10.7. The van der Waals surface area contributed by atoms with Crippen molar-refractivity contribution in [3.8, 4) is 0 Å². The van der Waals surface area contributed by atoms with E-state index in [1.165, 1.54) is 0 Å². The summed E-state index contributed by atoms with van der Waals surface area (Å²) in [5, 5.41) is 9.61. The molecule has 0 bridgehead atoms. The summed E-state index contributed by atoms with van der Waals surface area (Å²) in [4.78, 5) is 13.6. The van der Waals surface area contributed by atoms with Crippen molar-refractivity contribution in [1.29, 1.82) is 0 Å². The van der Waals surface area contributed by atoms with Gasteiger partial charge in [-0.15, -0.1) is 0 Å². The Morgan fingerprint density at radius 1 is 1.36 bits per heavy atom. The molecule has 0 spiro atoms. The number of carbonyl (C=O) groups is 1. The molecule has 0 saturated carbocycles. The summed E-state index contributed by atoms with van der Waals surface area (Å²) in [7, 11) is 0. The molecule has 0 fully saturated rings. The Morgan fingerprint density at radius 2 is 2.07 bits per heavy atom. The number of rotatable bonds is 2. The van der Waals surface area contributed by atoms with E-state index in [4.69, 9.17) is 17.3 Å². The maximum absolute atomic E-state index is 10.7. The van der Waals surface area contributed by atoms with Crippen LogP contribution < -0.4 is 0 Å². The predicted octanol–water partition coefficient (Wildman–Crippen LogP) is 1.97. The van der Waals surface area contributed by atoms with E-state index in [2.05, 4.69) is 4.98 Å². The van der Waals surface area contributed by atoms with Gasteiger partial charge in [0.25, 0.3) is 0 Å². The Labute approximate surface area is 85.4 Å². The first kappa shape index (κ1) is 8.90. The van der Waals surface area contributed by atoms with E-state index in [9.17, 15) is 4.79 Å². The first-order valence-corrected chi connectivity index (χ1v) is 4.44. The molecule has 4 heteroatoms. The molecule has 70 valence electrons. The van der Waals surface area contributed by atoms with Crippen molar-refractivity contribution in [2.75, 3.05) is 0 Å². The van der Waals surface area contributed by atoms with Crippen LogP contribution in [0.15, 0.2) is 30.5 Å². The summed E-state index contributed by atoms with van der Waals surface area (Å²) in [6.45, 7) is 0. The SMILES string of the molecule is O=C(O)C(=S)c1c[nH]c2ccccc12. The molecule has 1 aromatic carbocycles. The number of aromatic nitrogens is 1. The molecule has 2 N–H and O–H groups in total. The van der Waals surface area contributed by atoms with Crippen molar-refractivity contribution in [2.45, 2.75) is 0 Å². The van der Waals surface area contributed by atoms with Crippen LogP contribution in [0.4, 0.5) is 0 Å². The van der Waals surface area contributed by atoms with Gasteiger partial charge in [0.15, 0.2) is 0 Å². The van der Waals surface area contributed by atoms with Gasteiger partial charge in [0, 0.05) is 22.7 Å². The first-order chi connectivity index (χ1) is 6.70. The summed E-state index contributed by atoms with van der Waals surface area (Å²) in [5.74, 6) is -1.07. The molecule has 2 aromatic rings. The number of thiocarbonyl (C=S) groups is 1. The number of aliphatic carboxylic acids is 1. The minimum atomic E-state index is -1.07. The molecule has 14 heavy (non-hydrogen) atoms. The smallest absolute Gasteiger partial charge is 0.347 e. The number of aromatic amines is 1. The van der Waals surface area contributed by atoms with Crippen LogP contribution in [0.2, 0.25) is 0 Å². The lowest BCUT2D eigenvalue weighted by atomic mass is 10.1. The van der Waals surface area contributed by atoms with Crippen molar-refractivity contribution >= 4 is 34.0 Å². The second-order valence-electron chi connectivity index (χ2n) is 2.88. The fourth-order valence-corrected chi connectivity index (χ4v) is 1.54. The number of hydrogen-bond donors (Lipinski definition) is 2. The number of carboxylic acid groups (broad SMARTS) is 1. The van der Waals surface area contributed by atoms with Crippen molar-refractivity contribution in [3.05, 3.63) is 36.0 Å². The third kappa shape index (κ3) is 1.29. The van der Waals surface area contributed by atoms with Crippen molar-refractivity contribution < 1.29 is 9.90 Å². The Balaban J connectivity index is 2.64. The number of carboxylic acids is 1. The van der Waals surface area contributed by atoms with Gasteiger partial charge < -0.3 is 10.1 Å². The van der Waals surface area contributed by atoms with Gasteiger partial charge in [-0.2, -0.15) is 0 Å². The maximum Gasteiger partial charge on any atom is 0.347 e. The number of nitrogens with one attached hydrogen (secondary N) is 1. The van der Waals surface area contributed by atoms with E-state index in [0.29, 0.717) is 5.56 Å². The van der Waals surface area contributed by atoms with Crippen LogP contribution in [-0.4, -0.2) is 20.9 Å². The number of benzene rings is 1. The zero-order valence-corrected chi connectivity index (χ0v) is 7.97. The average Bonchev–Trinajstić information content (AvgIpc) is 2.60. The van der Waals surface area contributed by atoms with Gasteiger partial charge >= 0.3 is 5.97 Å². The van der Waals surface area contributed by atoms with E-state index in [-0.39, 0.29) is 4.86 Å². The minimum Gasteiger partial charge on any atom is -0.477 e. The highest BCUT2D eigenvalue weighted by Gasteiger charge is 2.13. The number of H-pyrrole nitrogens is 1. The Kier molecular flexibility index (Phi) is 2.05. The third-order valence-electron chi connectivity index (χ3n) is 2.03. The lowest BCUT2D eigenvalue weighted by Crippen LogP contribution is -2.10. The largest absolute Gasteiger partial charge is 0.477 e. The van der Waals surface area contributed by atoms with E-state index in [0.717, 1.165) is 10.9 Å². The topological polar surface area (TPSA) is 53.1 Å². The van der Waals surface area contributed by atoms with Crippen molar-refractivity contribution in [1.82, 2.24) is 4.98 Å². The molecular formula is C10H7NO2S. The van der Waals surface area contributed by atoms with E-state index < -0.39 is 5.97 Å².